The number of hydrogen-bond donors (Lipinski definition) is 2. The lowest BCUT2D eigenvalue weighted by atomic mass is 9.70. The number of carbonyl (C=O) groups is 1. The van der Waals surface area contributed by atoms with E-state index in [-0.39, 0.29) is 17.7 Å². The summed E-state index contributed by atoms with van der Waals surface area (Å²) >= 11 is 0. The Labute approximate surface area is 146 Å². The molecule has 1 amide bonds. The lowest BCUT2D eigenvalue weighted by molar-refractivity contribution is -0.125. The zero-order valence-electron chi connectivity index (χ0n) is 14.4. The molecule has 0 spiro atoms. The molecule has 2 atom stereocenters. The van der Waals surface area contributed by atoms with E-state index in [0.717, 1.165) is 31.6 Å². The molecule has 1 aromatic heterocycles. The second-order valence-electron chi connectivity index (χ2n) is 7.31. The standard InChI is InChI=1S/C18H24N4O3/c1-12-11-22(7-6-18(12,24)14-4-8-25-9-5-14)17(23)13-2-3-15-16(10-13)20-21-19-15/h2-3,10,12,14,24H,4-9,11H2,1H3,(H,19,20,21). The van der Waals surface area contributed by atoms with Gasteiger partial charge in [0.05, 0.1) is 5.60 Å². The Kier molecular flexibility index (Phi) is 4.21. The number of nitrogens with one attached hydrogen (secondary N) is 1. The molecule has 7 nitrogen and oxygen atoms in total. The van der Waals surface area contributed by atoms with E-state index in [1.54, 1.807) is 18.2 Å². The smallest absolute Gasteiger partial charge is 0.253 e. The predicted molar refractivity (Wildman–Crippen MR) is 92.1 cm³/mol. The Bertz CT molecular complexity index is 771. The Morgan fingerprint density at radius 3 is 2.84 bits per heavy atom. The van der Waals surface area contributed by atoms with Crippen LogP contribution in [-0.4, -0.2) is 63.2 Å². The number of hydrogen-bond acceptors (Lipinski definition) is 5. The maximum atomic E-state index is 12.9. The van der Waals surface area contributed by atoms with Crippen molar-refractivity contribution < 1.29 is 14.6 Å². The normalized spacial score (nSPS) is 28.4. The second kappa shape index (κ2) is 6.38. The van der Waals surface area contributed by atoms with E-state index in [0.29, 0.717) is 30.6 Å². The van der Waals surface area contributed by atoms with Crippen molar-refractivity contribution >= 4 is 16.9 Å². The Hall–Kier alpha value is -1.99. The zero-order chi connectivity index (χ0) is 17.4. The van der Waals surface area contributed by atoms with Crippen LogP contribution < -0.4 is 0 Å². The van der Waals surface area contributed by atoms with Crippen molar-refractivity contribution in [2.75, 3.05) is 26.3 Å². The summed E-state index contributed by atoms with van der Waals surface area (Å²) < 4.78 is 5.43. The Morgan fingerprint density at radius 2 is 2.08 bits per heavy atom. The monoisotopic (exact) mass is 344 g/mol. The van der Waals surface area contributed by atoms with Crippen LogP contribution in [0.1, 0.15) is 36.5 Å². The summed E-state index contributed by atoms with van der Waals surface area (Å²) in [5.41, 5.74) is 1.36. The third kappa shape index (κ3) is 2.91. The fraction of sp³-hybridized carbons (Fsp3) is 0.611. The molecule has 7 heteroatoms. The van der Waals surface area contributed by atoms with Crippen molar-refractivity contribution in [3.05, 3.63) is 23.8 Å². The van der Waals surface area contributed by atoms with Gasteiger partial charge in [0.1, 0.15) is 11.0 Å². The van der Waals surface area contributed by atoms with Gasteiger partial charge in [-0.25, -0.2) is 0 Å². The number of fused-ring (bicyclic) bond motifs is 1. The highest BCUT2D eigenvalue weighted by atomic mass is 16.5. The average Bonchev–Trinajstić information content (AvgIpc) is 3.12. The number of rotatable bonds is 2. The summed E-state index contributed by atoms with van der Waals surface area (Å²) in [6.07, 6.45) is 2.42. The molecule has 0 saturated carbocycles. The van der Waals surface area contributed by atoms with Gasteiger partial charge >= 0.3 is 0 Å². The molecule has 2 fully saturated rings. The number of aliphatic hydroxyl groups is 1. The first-order valence-electron chi connectivity index (χ1n) is 8.98. The SMILES string of the molecule is CC1CN(C(=O)c2ccc3n[nH]nc3c2)CCC1(O)C1CCOCC1. The lowest BCUT2D eigenvalue weighted by Gasteiger charge is -2.48. The van der Waals surface area contributed by atoms with Gasteiger partial charge in [-0.1, -0.05) is 6.92 Å². The third-order valence-electron chi connectivity index (χ3n) is 5.91. The molecular formula is C18H24N4O3. The van der Waals surface area contributed by atoms with Gasteiger partial charge in [-0.3, -0.25) is 4.79 Å². The number of likely N-dealkylation sites (tertiary alicyclic amines) is 1. The summed E-state index contributed by atoms with van der Waals surface area (Å²) in [6.45, 7) is 4.65. The predicted octanol–water partition coefficient (Wildman–Crippen LogP) is 1.60. The summed E-state index contributed by atoms with van der Waals surface area (Å²) in [5.74, 6) is 0.301. The number of aromatic amines is 1. The molecule has 0 radical (unpaired) electrons. The molecule has 4 rings (SSSR count). The first-order chi connectivity index (χ1) is 12.1. The Balaban J connectivity index is 1.48. The molecule has 2 aromatic rings. The van der Waals surface area contributed by atoms with Crippen LogP contribution in [0.15, 0.2) is 18.2 Å². The number of benzene rings is 1. The number of amides is 1. The molecule has 1 aromatic carbocycles. The van der Waals surface area contributed by atoms with Gasteiger partial charge in [-0.2, -0.15) is 15.4 Å². The average molecular weight is 344 g/mol. The van der Waals surface area contributed by atoms with E-state index in [4.69, 9.17) is 4.74 Å². The molecule has 2 saturated heterocycles. The van der Waals surface area contributed by atoms with Crippen molar-refractivity contribution in [1.82, 2.24) is 20.3 Å². The van der Waals surface area contributed by atoms with E-state index in [9.17, 15) is 9.90 Å². The number of nitrogens with zero attached hydrogens (tertiary/aromatic N) is 3. The summed E-state index contributed by atoms with van der Waals surface area (Å²) in [4.78, 5) is 14.7. The molecule has 2 N–H and O–H groups in total. The molecule has 25 heavy (non-hydrogen) atoms. The van der Waals surface area contributed by atoms with E-state index >= 15 is 0 Å². The maximum Gasteiger partial charge on any atom is 0.253 e. The second-order valence-corrected chi connectivity index (χ2v) is 7.31. The Morgan fingerprint density at radius 1 is 1.32 bits per heavy atom. The largest absolute Gasteiger partial charge is 0.389 e. The molecular weight excluding hydrogens is 320 g/mol. The van der Waals surface area contributed by atoms with Crippen molar-refractivity contribution in [1.29, 1.82) is 0 Å². The summed E-state index contributed by atoms with van der Waals surface area (Å²) in [6, 6.07) is 5.36. The number of piperidine rings is 1. The molecule has 0 bridgehead atoms. The molecule has 134 valence electrons. The van der Waals surface area contributed by atoms with Crippen molar-refractivity contribution in [2.45, 2.75) is 31.8 Å². The minimum absolute atomic E-state index is 0.00854. The van der Waals surface area contributed by atoms with Gasteiger partial charge in [0, 0.05) is 37.8 Å². The summed E-state index contributed by atoms with van der Waals surface area (Å²) in [7, 11) is 0. The fourth-order valence-corrected chi connectivity index (χ4v) is 4.28. The highest BCUT2D eigenvalue weighted by molar-refractivity contribution is 5.97. The van der Waals surface area contributed by atoms with Crippen molar-refractivity contribution in [3.63, 3.8) is 0 Å². The number of ether oxygens (including phenoxy) is 1. The topological polar surface area (TPSA) is 91.3 Å². The highest BCUT2D eigenvalue weighted by Gasteiger charge is 2.46. The van der Waals surface area contributed by atoms with Crippen LogP contribution in [0.4, 0.5) is 0 Å². The maximum absolute atomic E-state index is 12.9. The van der Waals surface area contributed by atoms with Gasteiger partial charge in [-0.15, -0.1) is 0 Å². The van der Waals surface area contributed by atoms with Crippen LogP contribution in [0.2, 0.25) is 0 Å². The van der Waals surface area contributed by atoms with Crippen molar-refractivity contribution in [3.8, 4) is 0 Å². The quantitative estimate of drug-likeness (QED) is 0.863. The van der Waals surface area contributed by atoms with Crippen LogP contribution in [0.25, 0.3) is 11.0 Å². The lowest BCUT2D eigenvalue weighted by Crippen LogP contribution is -2.56. The first-order valence-corrected chi connectivity index (χ1v) is 8.98. The van der Waals surface area contributed by atoms with Crippen molar-refractivity contribution in [2.24, 2.45) is 11.8 Å². The van der Waals surface area contributed by atoms with Crippen LogP contribution in [-0.2, 0) is 4.74 Å². The minimum Gasteiger partial charge on any atom is -0.389 e. The van der Waals surface area contributed by atoms with E-state index in [2.05, 4.69) is 22.3 Å². The van der Waals surface area contributed by atoms with Crippen LogP contribution in [0.5, 0.6) is 0 Å². The molecule has 0 aliphatic carbocycles. The first kappa shape index (κ1) is 16.5. The number of aromatic nitrogens is 3. The van der Waals surface area contributed by atoms with Gasteiger partial charge in [-0.05, 0) is 43.4 Å². The van der Waals surface area contributed by atoms with Gasteiger partial charge in [0.25, 0.3) is 5.91 Å². The fourth-order valence-electron chi connectivity index (χ4n) is 4.28. The van der Waals surface area contributed by atoms with Crippen LogP contribution in [0, 0.1) is 11.8 Å². The van der Waals surface area contributed by atoms with Gasteiger partial charge in [0.15, 0.2) is 0 Å². The number of H-pyrrole nitrogens is 1. The number of carbonyl (C=O) groups excluding carboxylic acids is 1. The molecule has 2 aliphatic rings. The van der Waals surface area contributed by atoms with Crippen LogP contribution in [0.3, 0.4) is 0 Å². The minimum atomic E-state index is -0.698. The van der Waals surface area contributed by atoms with Gasteiger partial charge < -0.3 is 14.7 Å². The summed E-state index contributed by atoms with van der Waals surface area (Å²) in [5, 5.41) is 21.9. The van der Waals surface area contributed by atoms with E-state index in [1.807, 2.05) is 4.90 Å². The zero-order valence-corrected chi connectivity index (χ0v) is 14.4. The van der Waals surface area contributed by atoms with E-state index < -0.39 is 5.60 Å². The molecule has 3 heterocycles. The van der Waals surface area contributed by atoms with Gasteiger partial charge in [0.2, 0.25) is 0 Å². The highest BCUT2D eigenvalue weighted by Crippen LogP contribution is 2.39. The van der Waals surface area contributed by atoms with Crippen LogP contribution >= 0.6 is 0 Å². The molecule has 2 aliphatic heterocycles. The third-order valence-corrected chi connectivity index (χ3v) is 5.91. The molecule has 2 unspecified atom stereocenters. The van der Waals surface area contributed by atoms with E-state index in [1.165, 1.54) is 0 Å².